The van der Waals surface area contributed by atoms with Crippen molar-refractivity contribution >= 4 is 40.9 Å². The number of hydrogen-bond acceptors (Lipinski definition) is 7. The van der Waals surface area contributed by atoms with Crippen molar-refractivity contribution in [3.8, 4) is 6.07 Å². The van der Waals surface area contributed by atoms with Crippen molar-refractivity contribution in [3.63, 3.8) is 0 Å². The van der Waals surface area contributed by atoms with E-state index in [1.165, 1.54) is 11.0 Å². The molecule has 2 aliphatic heterocycles. The smallest absolute Gasteiger partial charge is 0.410 e. The zero-order valence-electron chi connectivity index (χ0n) is 24.8. The molecule has 1 fully saturated rings. The van der Waals surface area contributed by atoms with E-state index >= 15 is 0 Å². The molecule has 230 valence electrons. The Bertz CT molecular complexity index is 1460. The van der Waals surface area contributed by atoms with E-state index in [1.807, 2.05) is 25.1 Å². The predicted octanol–water partition coefficient (Wildman–Crippen LogP) is 5.00. The van der Waals surface area contributed by atoms with Crippen LogP contribution in [-0.2, 0) is 20.7 Å². The number of anilines is 2. The van der Waals surface area contributed by atoms with Crippen molar-refractivity contribution in [2.24, 2.45) is 0 Å². The molecule has 0 saturated carbocycles. The third-order valence-electron chi connectivity index (χ3n) is 7.59. The molecule has 0 spiro atoms. The van der Waals surface area contributed by atoms with Gasteiger partial charge in [-0.2, -0.15) is 5.26 Å². The van der Waals surface area contributed by atoms with Gasteiger partial charge < -0.3 is 30.3 Å². The summed E-state index contributed by atoms with van der Waals surface area (Å²) >= 11 is 6.11. The number of β-amino-alcohol motifs (C(OH)–C–C–N with tert-alkyl or cyclic N) is 1. The highest BCUT2D eigenvalue weighted by molar-refractivity contribution is 6.30. The number of aliphatic hydroxyl groups is 1. The lowest BCUT2D eigenvalue weighted by molar-refractivity contribution is -0.131. The summed E-state index contributed by atoms with van der Waals surface area (Å²) in [5, 5.41) is 26.7. The molecule has 2 aromatic carbocycles. The molecular formula is C31H37ClFN5O5. The van der Waals surface area contributed by atoms with Crippen LogP contribution in [0.1, 0.15) is 69.7 Å². The van der Waals surface area contributed by atoms with Gasteiger partial charge in [-0.1, -0.05) is 17.7 Å². The Hall–Kier alpha value is -3.88. The summed E-state index contributed by atoms with van der Waals surface area (Å²) in [6.07, 6.45) is 0.481. The maximum atomic E-state index is 14.9. The molecule has 3 amide bonds. The molecule has 0 aromatic heterocycles. The second-order valence-corrected chi connectivity index (χ2v) is 12.6. The molecule has 2 aliphatic rings. The first kappa shape index (κ1) is 32.0. The number of carbonyl (C=O) groups is 3. The predicted molar refractivity (Wildman–Crippen MR) is 160 cm³/mol. The fourth-order valence-corrected chi connectivity index (χ4v) is 5.75. The summed E-state index contributed by atoms with van der Waals surface area (Å²) < 4.78 is 20.3. The quantitative estimate of drug-likeness (QED) is 0.417. The Labute approximate surface area is 255 Å². The van der Waals surface area contributed by atoms with E-state index in [-0.39, 0.29) is 54.8 Å². The molecule has 3 N–H and O–H groups in total. The van der Waals surface area contributed by atoms with Gasteiger partial charge in [0.15, 0.2) is 0 Å². The maximum Gasteiger partial charge on any atom is 0.410 e. The van der Waals surface area contributed by atoms with Gasteiger partial charge in [0.25, 0.3) is 0 Å². The summed E-state index contributed by atoms with van der Waals surface area (Å²) in [5.74, 6) is -1.61. The van der Waals surface area contributed by atoms with Crippen LogP contribution < -0.4 is 10.6 Å². The largest absolute Gasteiger partial charge is 0.444 e. The monoisotopic (exact) mass is 613 g/mol. The van der Waals surface area contributed by atoms with Crippen molar-refractivity contribution in [2.45, 2.75) is 70.6 Å². The van der Waals surface area contributed by atoms with Gasteiger partial charge >= 0.3 is 6.09 Å². The van der Waals surface area contributed by atoms with Crippen LogP contribution in [0, 0.1) is 17.1 Å². The van der Waals surface area contributed by atoms with Crippen LogP contribution in [-0.4, -0.2) is 70.2 Å². The first-order valence-corrected chi connectivity index (χ1v) is 14.6. The zero-order valence-corrected chi connectivity index (χ0v) is 25.6. The van der Waals surface area contributed by atoms with Crippen molar-refractivity contribution in [1.82, 2.24) is 9.80 Å². The fraction of sp³-hybridized carbons (Fsp3) is 0.484. The molecule has 0 radical (unpaired) electrons. The number of benzene rings is 2. The number of nitrogens with zero attached hydrogens (tertiary/aromatic N) is 3. The third-order valence-corrected chi connectivity index (χ3v) is 7.83. The van der Waals surface area contributed by atoms with Crippen LogP contribution in [0.2, 0.25) is 5.02 Å². The van der Waals surface area contributed by atoms with Crippen molar-refractivity contribution in [2.75, 3.05) is 36.8 Å². The lowest BCUT2D eigenvalue weighted by Gasteiger charge is -2.39. The highest BCUT2D eigenvalue weighted by Crippen LogP contribution is 2.32. The molecule has 2 aromatic rings. The van der Waals surface area contributed by atoms with Gasteiger partial charge in [0.05, 0.1) is 48.1 Å². The number of nitrogens with one attached hydrogen (secondary N) is 2. The Kier molecular flexibility index (Phi) is 9.52. The van der Waals surface area contributed by atoms with Crippen LogP contribution in [0.25, 0.3) is 0 Å². The number of nitriles is 1. The van der Waals surface area contributed by atoms with Gasteiger partial charge in [-0.15, -0.1) is 0 Å². The molecular weight excluding hydrogens is 577 g/mol. The first-order chi connectivity index (χ1) is 20.2. The van der Waals surface area contributed by atoms with Crippen LogP contribution in [0.4, 0.5) is 20.6 Å². The van der Waals surface area contributed by atoms with E-state index < -0.39 is 29.0 Å². The van der Waals surface area contributed by atoms with Crippen molar-refractivity contribution < 1.29 is 28.6 Å². The Morgan fingerprint density at radius 2 is 1.95 bits per heavy atom. The second-order valence-electron chi connectivity index (χ2n) is 12.2. The number of piperidine rings is 1. The molecule has 1 unspecified atom stereocenters. The van der Waals surface area contributed by atoms with E-state index in [9.17, 15) is 29.1 Å². The standard InChI is InChI=1S/C31H37ClFN5O5/c1-19-23-7-6-22(32)12-20(23)8-11-38(19)28(40)17-35-26-14-25(21(16-34)13-24(26)33)36-27(39)15-31(42)9-5-10-37(18-31)29(41)43-30(2,3)4/h6-7,12-14,19,35,42H,5,8-11,15,17-18H2,1-4H3,(H,36,39)/t19-,31?/m0/s1. The summed E-state index contributed by atoms with van der Waals surface area (Å²) in [6, 6.07) is 9.51. The molecule has 10 nitrogen and oxygen atoms in total. The number of halogens is 2. The van der Waals surface area contributed by atoms with Gasteiger partial charge in [0.1, 0.15) is 17.5 Å². The van der Waals surface area contributed by atoms with Crippen LogP contribution in [0.3, 0.4) is 0 Å². The minimum Gasteiger partial charge on any atom is -0.444 e. The van der Waals surface area contributed by atoms with Gasteiger partial charge in [-0.05, 0) is 82.3 Å². The molecule has 1 saturated heterocycles. The minimum absolute atomic E-state index is 0.0319. The highest BCUT2D eigenvalue weighted by atomic mass is 35.5. The van der Waals surface area contributed by atoms with Gasteiger partial charge in [0.2, 0.25) is 11.8 Å². The normalized spacial score (nSPS) is 20.1. The molecule has 2 heterocycles. The summed E-state index contributed by atoms with van der Waals surface area (Å²) in [5.41, 5.74) is -0.263. The lowest BCUT2D eigenvalue weighted by atomic mass is 9.89. The number of hydrogen-bond donors (Lipinski definition) is 3. The van der Waals surface area contributed by atoms with Crippen LogP contribution >= 0.6 is 11.6 Å². The van der Waals surface area contributed by atoms with E-state index in [0.29, 0.717) is 31.0 Å². The number of rotatable bonds is 6. The number of carbonyl (C=O) groups excluding carboxylic acids is 3. The van der Waals surface area contributed by atoms with E-state index in [2.05, 4.69) is 10.6 Å². The molecule has 12 heteroatoms. The van der Waals surface area contributed by atoms with Crippen molar-refractivity contribution in [3.05, 3.63) is 57.9 Å². The average molecular weight is 614 g/mol. The lowest BCUT2D eigenvalue weighted by Crippen LogP contribution is -2.52. The first-order valence-electron chi connectivity index (χ1n) is 14.2. The fourth-order valence-electron chi connectivity index (χ4n) is 5.55. The maximum absolute atomic E-state index is 14.9. The van der Waals surface area contributed by atoms with E-state index in [0.717, 1.165) is 17.2 Å². The van der Waals surface area contributed by atoms with Crippen LogP contribution in [0.5, 0.6) is 0 Å². The highest BCUT2D eigenvalue weighted by Gasteiger charge is 2.38. The minimum atomic E-state index is -1.51. The van der Waals surface area contributed by atoms with Gasteiger partial charge in [-0.25, -0.2) is 9.18 Å². The molecule has 4 rings (SSSR count). The van der Waals surface area contributed by atoms with Crippen molar-refractivity contribution in [1.29, 1.82) is 5.26 Å². The van der Waals surface area contributed by atoms with E-state index in [1.54, 1.807) is 31.7 Å². The summed E-state index contributed by atoms with van der Waals surface area (Å²) in [7, 11) is 0. The zero-order chi connectivity index (χ0) is 31.5. The Morgan fingerprint density at radius 3 is 2.65 bits per heavy atom. The Balaban J connectivity index is 1.40. The SMILES string of the molecule is C[C@H]1c2ccc(Cl)cc2CCN1C(=O)CNc1cc(NC(=O)CC2(O)CCCN(C(=O)OC(C)(C)C)C2)c(C#N)cc1F. The summed E-state index contributed by atoms with van der Waals surface area (Å²) in [6.45, 7) is 7.73. The average Bonchev–Trinajstić information content (AvgIpc) is 2.91. The number of ether oxygens (including phenoxy) is 1. The Morgan fingerprint density at radius 1 is 1.21 bits per heavy atom. The van der Waals surface area contributed by atoms with Gasteiger partial charge in [-0.3, -0.25) is 9.59 Å². The molecule has 43 heavy (non-hydrogen) atoms. The molecule has 0 aliphatic carbocycles. The number of amides is 3. The second kappa shape index (κ2) is 12.8. The molecule has 0 bridgehead atoms. The number of likely N-dealkylation sites (tertiary alicyclic amines) is 1. The number of fused-ring (bicyclic) bond motifs is 1. The van der Waals surface area contributed by atoms with E-state index in [4.69, 9.17) is 16.3 Å². The molecule has 2 atom stereocenters. The van der Waals surface area contributed by atoms with Gasteiger partial charge in [0, 0.05) is 18.1 Å². The third kappa shape index (κ3) is 7.94. The van der Waals surface area contributed by atoms with Crippen LogP contribution in [0.15, 0.2) is 30.3 Å². The summed E-state index contributed by atoms with van der Waals surface area (Å²) in [4.78, 5) is 41.7. The topological polar surface area (TPSA) is 135 Å².